The van der Waals surface area contributed by atoms with E-state index in [1.165, 1.54) is 4.31 Å². The van der Waals surface area contributed by atoms with Crippen molar-refractivity contribution in [2.24, 2.45) is 0 Å². The van der Waals surface area contributed by atoms with Gasteiger partial charge in [0.25, 0.3) is 0 Å². The summed E-state index contributed by atoms with van der Waals surface area (Å²) in [6.45, 7) is 2.98. The Hall–Kier alpha value is -1.97. The molecule has 9 heteroatoms. The van der Waals surface area contributed by atoms with E-state index < -0.39 is 10.0 Å². The zero-order valence-electron chi connectivity index (χ0n) is 15.8. The van der Waals surface area contributed by atoms with Crippen LogP contribution in [-0.4, -0.2) is 60.5 Å². The quantitative estimate of drug-likeness (QED) is 0.752. The predicted molar refractivity (Wildman–Crippen MR) is 104 cm³/mol. The maximum Gasteiger partial charge on any atom is 0.243 e. The van der Waals surface area contributed by atoms with Crippen LogP contribution in [0.5, 0.6) is 0 Å². The SMILES string of the molecule is O=C(CCn1cnc2cc(S(=O)(=O)N3CCCC3)ccc21)NC[C@@H]1CCCO1. The molecule has 0 bridgehead atoms. The molecule has 1 aromatic heterocycles. The third-order valence-electron chi connectivity index (χ3n) is 5.43. The van der Waals surface area contributed by atoms with Gasteiger partial charge >= 0.3 is 0 Å². The summed E-state index contributed by atoms with van der Waals surface area (Å²) in [5, 5.41) is 2.91. The number of carbonyl (C=O) groups is 1. The molecule has 2 aromatic rings. The number of amides is 1. The van der Waals surface area contributed by atoms with E-state index in [1.807, 2.05) is 4.57 Å². The number of rotatable bonds is 7. The molecule has 0 radical (unpaired) electrons. The minimum Gasteiger partial charge on any atom is -0.376 e. The van der Waals surface area contributed by atoms with Crippen molar-refractivity contribution in [3.63, 3.8) is 0 Å². The molecule has 152 valence electrons. The molecule has 1 aromatic carbocycles. The highest BCUT2D eigenvalue weighted by molar-refractivity contribution is 7.89. The summed E-state index contributed by atoms with van der Waals surface area (Å²) in [6, 6.07) is 5.03. The van der Waals surface area contributed by atoms with Crippen molar-refractivity contribution < 1.29 is 17.9 Å². The Balaban J connectivity index is 1.39. The van der Waals surface area contributed by atoms with Crippen LogP contribution in [0.1, 0.15) is 32.1 Å². The van der Waals surface area contributed by atoms with E-state index in [0.717, 1.165) is 37.8 Å². The standard InChI is InChI=1S/C19H26N4O4S/c24-19(20-13-15-4-3-11-27-15)7-10-22-14-21-17-12-16(5-6-18(17)22)28(25,26)23-8-1-2-9-23/h5-6,12,14-15H,1-4,7-11,13H2,(H,20,24)/t15-/m0/s1. The highest BCUT2D eigenvalue weighted by Crippen LogP contribution is 2.24. The van der Waals surface area contributed by atoms with Crippen LogP contribution in [-0.2, 0) is 26.1 Å². The first-order chi connectivity index (χ1) is 13.5. The van der Waals surface area contributed by atoms with Crippen LogP contribution in [0, 0.1) is 0 Å². The molecule has 0 unspecified atom stereocenters. The molecule has 0 aliphatic carbocycles. The zero-order valence-corrected chi connectivity index (χ0v) is 16.7. The number of nitrogens with zero attached hydrogens (tertiary/aromatic N) is 3. The summed E-state index contributed by atoms with van der Waals surface area (Å²) in [6.07, 6.45) is 5.99. The largest absolute Gasteiger partial charge is 0.376 e. The van der Waals surface area contributed by atoms with Crippen molar-refractivity contribution in [1.29, 1.82) is 0 Å². The molecule has 1 atom stereocenters. The first kappa shape index (κ1) is 19.4. The van der Waals surface area contributed by atoms with E-state index in [9.17, 15) is 13.2 Å². The highest BCUT2D eigenvalue weighted by atomic mass is 32.2. The van der Waals surface area contributed by atoms with E-state index in [2.05, 4.69) is 10.3 Å². The summed E-state index contributed by atoms with van der Waals surface area (Å²) in [5.41, 5.74) is 1.45. The summed E-state index contributed by atoms with van der Waals surface area (Å²) < 4.78 is 34.3. The Morgan fingerprint density at radius 2 is 2.07 bits per heavy atom. The number of fused-ring (bicyclic) bond motifs is 1. The Bertz CT molecular complexity index is 944. The fourth-order valence-corrected chi connectivity index (χ4v) is 5.34. The Morgan fingerprint density at radius 1 is 1.25 bits per heavy atom. The van der Waals surface area contributed by atoms with Gasteiger partial charge in [-0.05, 0) is 43.9 Å². The fourth-order valence-electron chi connectivity index (χ4n) is 3.80. The molecule has 0 saturated carbocycles. The fraction of sp³-hybridized carbons (Fsp3) is 0.579. The zero-order chi connectivity index (χ0) is 19.6. The van der Waals surface area contributed by atoms with Gasteiger partial charge in [-0.1, -0.05) is 0 Å². The molecule has 4 rings (SSSR count). The summed E-state index contributed by atoms with van der Waals surface area (Å²) >= 11 is 0. The molecule has 2 saturated heterocycles. The van der Waals surface area contributed by atoms with Crippen molar-refractivity contribution >= 4 is 27.0 Å². The molecule has 1 amide bonds. The van der Waals surface area contributed by atoms with Crippen molar-refractivity contribution in [2.45, 2.75) is 49.6 Å². The first-order valence-electron chi connectivity index (χ1n) is 9.87. The second-order valence-electron chi connectivity index (χ2n) is 7.39. The molecule has 0 spiro atoms. The first-order valence-corrected chi connectivity index (χ1v) is 11.3. The van der Waals surface area contributed by atoms with Crippen LogP contribution in [0.3, 0.4) is 0 Å². The molecule has 3 heterocycles. The number of hydrogen-bond acceptors (Lipinski definition) is 5. The van der Waals surface area contributed by atoms with Gasteiger partial charge in [-0.3, -0.25) is 4.79 Å². The number of aromatic nitrogens is 2. The number of imidazole rings is 1. The Kier molecular flexibility index (Phi) is 5.65. The van der Waals surface area contributed by atoms with E-state index in [0.29, 0.717) is 38.1 Å². The molecular formula is C19H26N4O4S. The third kappa shape index (κ3) is 4.06. The van der Waals surface area contributed by atoms with Crippen LogP contribution in [0.25, 0.3) is 11.0 Å². The molecule has 1 N–H and O–H groups in total. The van der Waals surface area contributed by atoms with E-state index >= 15 is 0 Å². The molecule has 2 aliphatic rings. The normalized spacial score (nSPS) is 20.8. The van der Waals surface area contributed by atoms with Gasteiger partial charge in [-0.15, -0.1) is 0 Å². The lowest BCUT2D eigenvalue weighted by Gasteiger charge is -2.15. The monoisotopic (exact) mass is 406 g/mol. The highest BCUT2D eigenvalue weighted by Gasteiger charge is 2.27. The van der Waals surface area contributed by atoms with E-state index in [4.69, 9.17) is 4.74 Å². The minimum absolute atomic E-state index is 0.0226. The lowest BCUT2D eigenvalue weighted by Crippen LogP contribution is -2.32. The number of benzene rings is 1. The number of nitrogens with one attached hydrogen (secondary N) is 1. The molecule has 2 fully saturated rings. The smallest absolute Gasteiger partial charge is 0.243 e. The van der Waals surface area contributed by atoms with Gasteiger partial charge in [0.05, 0.1) is 28.4 Å². The van der Waals surface area contributed by atoms with Gasteiger partial charge in [0.15, 0.2) is 0 Å². The molecular weight excluding hydrogens is 380 g/mol. The number of aryl methyl sites for hydroxylation is 1. The Morgan fingerprint density at radius 3 is 2.82 bits per heavy atom. The third-order valence-corrected chi connectivity index (χ3v) is 7.32. The summed E-state index contributed by atoms with van der Waals surface area (Å²) in [4.78, 5) is 16.7. The van der Waals surface area contributed by atoms with Gasteiger partial charge in [0.2, 0.25) is 15.9 Å². The van der Waals surface area contributed by atoms with Crippen molar-refractivity contribution in [2.75, 3.05) is 26.2 Å². The maximum absolute atomic E-state index is 12.7. The molecule has 28 heavy (non-hydrogen) atoms. The van der Waals surface area contributed by atoms with E-state index in [-0.39, 0.29) is 16.9 Å². The van der Waals surface area contributed by atoms with Gasteiger partial charge in [-0.2, -0.15) is 4.31 Å². The summed E-state index contributed by atoms with van der Waals surface area (Å²) in [7, 11) is -3.45. The second kappa shape index (κ2) is 8.18. The number of carbonyl (C=O) groups excluding carboxylic acids is 1. The lowest BCUT2D eigenvalue weighted by atomic mass is 10.2. The average Bonchev–Trinajstić information content (AvgIpc) is 3.46. The van der Waals surface area contributed by atoms with Crippen molar-refractivity contribution in [3.05, 3.63) is 24.5 Å². The van der Waals surface area contributed by atoms with E-state index in [1.54, 1.807) is 24.5 Å². The lowest BCUT2D eigenvalue weighted by molar-refractivity contribution is -0.121. The van der Waals surface area contributed by atoms with Crippen LogP contribution in [0.4, 0.5) is 0 Å². The molecule has 2 aliphatic heterocycles. The number of hydrogen-bond donors (Lipinski definition) is 1. The van der Waals surface area contributed by atoms with Crippen LogP contribution in [0.15, 0.2) is 29.4 Å². The topological polar surface area (TPSA) is 93.5 Å². The van der Waals surface area contributed by atoms with Crippen molar-refractivity contribution in [1.82, 2.24) is 19.2 Å². The molecule has 8 nitrogen and oxygen atoms in total. The second-order valence-corrected chi connectivity index (χ2v) is 9.33. The maximum atomic E-state index is 12.7. The predicted octanol–water partition coefficient (Wildman–Crippen LogP) is 1.51. The number of ether oxygens (including phenoxy) is 1. The minimum atomic E-state index is -3.45. The van der Waals surface area contributed by atoms with Crippen LogP contribution in [0.2, 0.25) is 0 Å². The Labute approximate surface area is 164 Å². The van der Waals surface area contributed by atoms with Crippen LogP contribution >= 0.6 is 0 Å². The summed E-state index contributed by atoms with van der Waals surface area (Å²) in [5.74, 6) is -0.0226. The van der Waals surface area contributed by atoms with Gasteiger partial charge in [0, 0.05) is 39.2 Å². The average molecular weight is 407 g/mol. The number of sulfonamides is 1. The van der Waals surface area contributed by atoms with Gasteiger partial charge < -0.3 is 14.6 Å². The van der Waals surface area contributed by atoms with Crippen molar-refractivity contribution in [3.8, 4) is 0 Å². The van der Waals surface area contributed by atoms with Gasteiger partial charge in [0.1, 0.15) is 0 Å². The van der Waals surface area contributed by atoms with Crippen LogP contribution < -0.4 is 5.32 Å². The van der Waals surface area contributed by atoms with Gasteiger partial charge in [-0.25, -0.2) is 13.4 Å².